The Morgan fingerprint density at radius 1 is 0.307 bits per heavy atom. The van der Waals surface area contributed by atoms with E-state index in [4.69, 9.17) is 18.9 Å². The van der Waals surface area contributed by atoms with Crippen molar-refractivity contribution in [3.63, 3.8) is 0 Å². The molecule has 0 aromatic heterocycles. The number of carboxylic acids is 1. The maximum Gasteiger partial charge on any atom is 0.306 e. The topological polar surface area (TPSA) is 111 Å². The molecule has 0 aliphatic heterocycles. The number of carboxylic acid groups (broad SMARTS) is 1. The Kier molecular flexibility index (Phi) is 78.3. The second-order valence-corrected chi connectivity index (χ2v) is 30.1. The lowest BCUT2D eigenvalue weighted by atomic mass is 10.0. The minimum absolute atomic E-state index is 0.147. The van der Waals surface area contributed by atoms with Crippen molar-refractivity contribution in [2.45, 2.75) is 411 Å². The maximum atomic E-state index is 13.0. The number of carbonyl (C=O) groups is 3. The highest BCUT2D eigenvalue weighted by Crippen LogP contribution is 2.20. The van der Waals surface area contributed by atoms with Gasteiger partial charge < -0.3 is 33.3 Å². The van der Waals surface area contributed by atoms with Crippen LogP contribution in [0.2, 0.25) is 0 Å². The molecule has 101 heavy (non-hydrogen) atoms. The van der Waals surface area contributed by atoms with E-state index in [1.54, 1.807) is 0 Å². The van der Waals surface area contributed by atoms with Crippen molar-refractivity contribution in [2.24, 2.45) is 0 Å². The molecule has 0 amide bonds. The third-order valence-corrected chi connectivity index (χ3v) is 19.0. The van der Waals surface area contributed by atoms with E-state index in [0.29, 0.717) is 23.9 Å². The smallest absolute Gasteiger partial charge is 0.306 e. The van der Waals surface area contributed by atoms with E-state index in [0.717, 1.165) is 89.9 Å². The number of rotatable bonds is 80. The van der Waals surface area contributed by atoms with Gasteiger partial charge in [0.15, 0.2) is 12.4 Å². The van der Waals surface area contributed by atoms with Crippen LogP contribution in [0.5, 0.6) is 0 Å². The molecule has 0 bridgehead atoms. The first-order chi connectivity index (χ1) is 49.6. The molecule has 0 fully saturated rings. The lowest BCUT2D eigenvalue weighted by Crippen LogP contribution is -2.44. The van der Waals surface area contributed by atoms with Gasteiger partial charge in [0.25, 0.3) is 0 Å². The van der Waals surface area contributed by atoms with E-state index in [1.807, 2.05) is 21.1 Å². The molecule has 9 heteroatoms. The molecule has 584 valence electrons. The van der Waals surface area contributed by atoms with Gasteiger partial charge in [0, 0.05) is 12.8 Å². The molecule has 2 unspecified atom stereocenters. The predicted molar refractivity (Wildman–Crippen MR) is 435 cm³/mol. The van der Waals surface area contributed by atoms with Crippen LogP contribution in [0.1, 0.15) is 399 Å². The van der Waals surface area contributed by atoms with Crippen LogP contribution in [0.4, 0.5) is 0 Å². The van der Waals surface area contributed by atoms with Gasteiger partial charge >= 0.3 is 11.9 Å². The molecule has 0 radical (unpaired) electrons. The third-order valence-electron chi connectivity index (χ3n) is 19.0. The second kappa shape index (κ2) is 81.6. The summed E-state index contributed by atoms with van der Waals surface area (Å²) in [6, 6.07) is 0. The molecule has 9 nitrogen and oxygen atoms in total. The van der Waals surface area contributed by atoms with Crippen molar-refractivity contribution in [3.8, 4) is 0 Å². The fraction of sp³-hybridized carbons (Fsp3) is 0.772. The molecule has 0 aliphatic rings. The molecule has 2 atom stereocenters. The van der Waals surface area contributed by atoms with Gasteiger partial charge in [0.05, 0.1) is 40.3 Å². The van der Waals surface area contributed by atoms with Crippen LogP contribution in [0.25, 0.3) is 0 Å². The Morgan fingerprint density at radius 3 is 0.842 bits per heavy atom. The number of nitrogens with zero attached hydrogens (tertiary/aromatic N) is 1. The standard InChI is InChI=1S/C92H163NO8/c1-6-8-10-12-14-16-18-20-22-24-26-28-30-32-34-36-38-40-42-44-45-47-48-50-52-54-56-58-60-62-64-66-68-70-72-74-76-78-80-82-89(94)99-86-88(87-100-92(91(96)97)98-85-84-93(3,4)5)101-90(95)83-81-79-77-75-73-71-69-67-65-63-61-59-57-55-53-51-49-46-43-41-39-37-35-33-31-29-27-25-23-21-19-17-15-13-11-9-7-2/h9,11,15,17-18,20-21,23-24,26-27,29,33,35,39,41,46,49,88,92H,6-8,10,12-14,16,19,22,25,28,30-32,34,36-38,40,42-45,47-48,50-87H2,1-5H3/b11-9-,17-15-,20-18-,23-21-,26-24-,29-27-,35-33-,41-39-,49-46-. The van der Waals surface area contributed by atoms with Crippen molar-refractivity contribution in [1.82, 2.24) is 0 Å². The van der Waals surface area contributed by atoms with E-state index in [9.17, 15) is 19.5 Å². The number of quaternary nitrogens is 1. The summed E-state index contributed by atoms with van der Waals surface area (Å²) in [6.45, 7) is 4.67. The summed E-state index contributed by atoms with van der Waals surface area (Å²) in [7, 11) is 5.95. The molecule has 0 N–H and O–H groups in total. The fourth-order valence-electron chi connectivity index (χ4n) is 12.5. The predicted octanol–water partition coefficient (Wildman–Crippen LogP) is 26.7. The summed E-state index contributed by atoms with van der Waals surface area (Å²) >= 11 is 0. The van der Waals surface area contributed by atoms with E-state index < -0.39 is 24.3 Å². The highest BCUT2D eigenvalue weighted by molar-refractivity contribution is 5.70. The highest BCUT2D eigenvalue weighted by atomic mass is 16.7. The summed E-state index contributed by atoms with van der Waals surface area (Å²) in [5, 5.41) is 11.9. The summed E-state index contributed by atoms with van der Waals surface area (Å²) in [4.78, 5) is 37.7. The van der Waals surface area contributed by atoms with Crippen molar-refractivity contribution < 1.29 is 42.9 Å². The van der Waals surface area contributed by atoms with Gasteiger partial charge in [-0.25, -0.2) is 0 Å². The van der Waals surface area contributed by atoms with Crippen LogP contribution in [-0.4, -0.2) is 82.3 Å². The largest absolute Gasteiger partial charge is 0.545 e. The van der Waals surface area contributed by atoms with Crippen molar-refractivity contribution in [2.75, 3.05) is 47.5 Å². The van der Waals surface area contributed by atoms with Gasteiger partial charge in [-0.1, -0.05) is 393 Å². The number of hydrogen-bond acceptors (Lipinski definition) is 8. The van der Waals surface area contributed by atoms with Crippen LogP contribution in [0.3, 0.4) is 0 Å². The van der Waals surface area contributed by atoms with Crippen LogP contribution in [-0.2, 0) is 33.3 Å². The first-order valence-electron chi connectivity index (χ1n) is 43.0. The quantitative estimate of drug-likeness (QED) is 0.0195. The summed E-state index contributed by atoms with van der Waals surface area (Å²) < 4.78 is 22.9. The van der Waals surface area contributed by atoms with E-state index >= 15 is 0 Å². The number of unbranched alkanes of at least 4 members (excludes halogenated alkanes) is 47. The number of hydrogen-bond donors (Lipinski definition) is 0. The minimum Gasteiger partial charge on any atom is -0.545 e. The molecule has 0 heterocycles. The summed E-state index contributed by atoms with van der Waals surface area (Å²) in [6.07, 6.45) is 112. The molecule has 0 spiro atoms. The molecule has 0 aromatic rings. The van der Waals surface area contributed by atoms with Crippen LogP contribution < -0.4 is 5.11 Å². The number of likely N-dealkylation sites (N-methyl/N-ethyl adjacent to an activating group) is 1. The number of esters is 2. The molecular weight excluding hydrogens is 1250 g/mol. The Balaban J connectivity index is 3.97. The van der Waals surface area contributed by atoms with Gasteiger partial charge in [-0.05, 0) is 103 Å². The van der Waals surface area contributed by atoms with Gasteiger partial charge in [-0.15, -0.1) is 0 Å². The zero-order valence-corrected chi connectivity index (χ0v) is 67.0. The third kappa shape index (κ3) is 83.1. The van der Waals surface area contributed by atoms with Crippen molar-refractivity contribution in [3.05, 3.63) is 109 Å². The number of allylic oxidation sites excluding steroid dienone is 18. The Bertz CT molecular complexity index is 2040. The van der Waals surface area contributed by atoms with E-state index in [2.05, 4.69) is 123 Å². The maximum absolute atomic E-state index is 13.0. The zero-order valence-electron chi connectivity index (χ0n) is 67.0. The van der Waals surface area contributed by atoms with Crippen LogP contribution in [0.15, 0.2) is 109 Å². The average Bonchev–Trinajstić information content (AvgIpc) is 1.25. The van der Waals surface area contributed by atoms with E-state index in [-0.39, 0.29) is 32.2 Å². The monoisotopic (exact) mass is 1410 g/mol. The lowest BCUT2D eigenvalue weighted by molar-refractivity contribution is -0.870. The van der Waals surface area contributed by atoms with Gasteiger partial charge in [-0.3, -0.25) is 9.59 Å². The van der Waals surface area contributed by atoms with Crippen LogP contribution >= 0.6 is 0 Å². The van der Waals surface area contributed by atoms with E-state index in [1.165, 1.54) is 276 Å². The number of ether oxygens (including phenoxy) is 4. The lowest BCUT2D eigenvalue weighted by Gasteiger charge is -2.26. The molecule has 0 saturated heterocycles. The normalized spacial score (nSPS) is 13.2. The fourth-order valence-corrected chi connectivity index (χ4v) is 12.5. The first-order valence-corrected chi connectivity index (χ1v) is 43.0. The Labute approximate surface area is 625 Å². The Hall–Kier alpha value is -4.05. The molecular formula is C92H163NO8. The summed E-state index contributed by atoms with van der Waals surface area (Å²) in [5.74, 6) is -2.26. The molecule has 0 aliphatic carbocycles. The van der Waals surface area contributed by atoms with Crippen molar-refractivity contribution in [1.29, 1.82) is 0 Å². The minimum atomic E-state index is -1.63. The zero-order chi connectivity index (χ0) is 73.2. The van der Waals surface area contributed by atoms with Crippen LogP contribution in [0, 0.1) is 0 Å². The number of carbonyl (C=O) groups excluding carboxylic acids is 3. The van der Waals surface area contributed by atoms with Gasteiger partial charge in [0.2, 0.25) is 0 Å². The van der Waals surface area contributed by atoms with Crippen molar-refractivity contribution >= 4 is 17.9 Å². The molecule has 0 aromatic carbocycles. The highest BCUT2D eigenvalue weighted by Gasteiger charge is 2.22. The first kappa shape index (κ1) is 97.0. The SMILES string of the molecule is CC/C=C\C/C=C\C/C=C\C/C=C\C/C=C\C/C=C\C/C=C\CCCCCCCCCCCCCCCCCC(=O)OC(COC(=O)CCCCCCCCCCCCCCCCCCCCCCCCCCCCC/C=C\C/C=C\CCCCCCC)COC(OCC[N+](C)(C)C)C(=O)[O-]. The Morgan fingerprint density at radius 2 is 0.564 bits per heavy atom. The second-order valence-electron chi connectivity index (χ2n) is 30.1. The number of aliphatic carboxylic acids is 1. The molecule has 0 rings (SSSR count). The summed E-state index contributed by atoms with van der Waals surface area (Å²) in [5.41, 5.74) is 0. The molecule has 0 saturated carbocycles. The van der Waals surface area contributed by atoms with Gasteiger partial charge in [-0.2, -0.15) is 0 Å². The van der Waals surface area contributed by atoms with Gasteiger partial charge in [0.1, 0.15) is 13.2 Å². The average molecular weight is 1410 g/mol.